The average molecular weight is 521 g/mol. The first-order valence-electron chi connectivity index (χ1n) is 12.4. The molecule has 1 aliphatic heterocycles. The summed E-state index contributed by atoms with van der Waals surface area (Å²) in [6.07, 6.45) is 2.98. The molecule has 5 N–H and O–H groups in total. The van der Waals surface area contributed by atoms with Crippen LogP contribution in [0, 0.1) is 11.7 Å². The van der Waals surface area contributed by atoms with Crippen LogP contribution < -0.4 is 21.5 Å². The first-order chi connectivity index (χ1) is 18.3. The molecule has 38 heavy (non-hydrogen) atoms. The Morgan fingerprint density at radius 1 is 1.13 bits per heavy atom. The SMILES string of the molecule is COc1ccc(F)cc1C(=O)NCc1ccc(-c2nn(C3CN(C(=O)C4CCC4)C3)c(N)c2C(N)=O)cc1. The van der Waals surface area contributed by atoms with Crippen molar-refractivity contribution in [1.29, 1.82) is 0 Å². The van der Waals surface area contributed by atoms with Gasteiger partial charge in [-0.1, -0.05) is 30.7 Å². The van der Waals surface area contributed by atoms with E-state index < -0.39 is 17.6 Å². The fraction of sp³-hybridized carbons (Fsp3) is 0.333. The number of carbonyl (C=O) groups excluding carboxylic acids is 3. The minimum atomic E-state index is -0.689. The summed E-state index contributed by atoms with van der Waals surface area (Å²) in [5, 5.41) is 7.35. The molecule has 5 rings (SSSR count). The number of amides is 3. The molecule has 3 aromatic rings. The maximum Gasteiger partial charge on any atom is 0.255 e. The van der Waals surface area contributed by atoms with Crippen LogP contribution in [-0.4, -0.2) is 52.6 Å². The van der Waals surface area contributed by atoms with Crippen LogP contribution in [-0.2, 0) is 11.3 Å². The van der Waals surface area contributed by atoms with Gasteiger partial charge in [0, 0.05) is 31.1 Å². The molecule has 0 spiro atoms. The topological polar surface area (TPSA) is 146 Å². The second kappa shape index (κ2) is 10.2. The monoisotopic (exact) mass is 520 g/mol. The Hall–Kier alpha value is -4.41. The molecule has 1 saturated carbocycles. The second-order valence-corrected chi connectivity index (χ2v) is 9.67. The number of likely N-dealkylation sites (tertiary alicyclic amines) is 1. The lowest BCUT2D eigenvalue weighted by Gasteiger charge is -2.42. The number of hydrogen-bond acceptors (Lipinski definition) is 6. The highest BCUT2D eigenvalue weighted by atomic mass is 19.1. The largest absolute Gasteiger partial charge is 0.496 e. The number of halogens is 1. The standard InChI is InChI=1S/C27H29FN6O4/c1-38-21-10-9-18(28)11-20(21)26(36)31-12-15-5-7-16(8-6-15)23-22(25(30)35)24(29)34(32-23)19-13-33(14-19)27(37)17-3-2-4-17/h5-11,17,19H,2-4,12-14,29H2,1H3,(H2,30,35)(H,31,36). The van der Waals surface area contributed by atoms with E-state index >= 15 is 0 Å². The predicted molar refractivity (Wildman–Crippen MR) is 138 cm³/mol. The molecular weight excluding hydrogens is 491 g/mol. The maximum absolute atomic E-state index is 13.6. The van der Waals surface area contributed by atoms with Gasteiger partial charge in [-0.2, -0.15) is 5.10 Å². The van der Waals surface area contributed by atoms with Gasteiger partial charge in [0.25, 0.3) is 11.8 Å². The number of methoxy groups -OCH3 is 1. The van der Waals surface area contributed by atoms with Crippen LogP contribution in [0.1, 0.15) is 51.6 Å². The Labute approximate surface area is 218 Å². The van der Waals surface area contributed by atoms with Crippen molar-refractivity contribution in [2.45, 2.75) is 31.8 Å². The van der Waals surface area contributed by atoms with E-state index in [2.05, 4.69) is 10.4 Å². The van der Waals surface area contributed by atoms with E-state index in [9.17, 15) is 18.8 Å². The van der Waals surface area contributed by atoms with Crippen LogP contribution in [0.25, 0.3) is 11.3 Å². The number of hydrogen-bond donors (Lipinski definition) is 3. The molecule has 3 amide bonds. The van der Waals surface area contributed by atoms with Gasteiger partial charge in [-0.05, 0) is 36.6 Å². The van der Waals surface area contributed by atoms with Crippen LogP contribution in [0.5, 0.6) is 5.75 Å². The number of nitrogens with zero attached hydrogens (tertiary/aromatic N) is 3. The molecule has 2 aliphatic rings. The smallest absolute Gasteiger partial charge is 0.255 e. The molecule has 1 saturated heterocycles. The minimum Gasteiger partial charge on any atom is -0.496 e. The van der Waals surface area contributed by atoms with Crippen molar-refractivity contribution in [3.8, 4) is 17.0 Å². The van der Waals surface area contributed by atoms with E-state index in [-0.39, 0.29) is 47.1 Å². The molecule has 11 heteroatoms. The maximum atomic E-state index is 13.6. The summed E-state index contributed by atoms with van der Waals surface area (Å²) < 4.78 is 20.3. The quantitative estimate of drug-likeness (QED) is 0.416. The van der Waals surface area contributed by atoms with Gasteiger partial charge in [-0.3, -0.25) is 14.4 Å². The normalized spacial score (nSPS) is 15.5. The number of benzene rings is 2. The third-order valence-corrected chi connectivity index (χ3v) is 7.25. The van der Waals surface area contributed by atoms with Crippen molar-refractivity contribution in [2.75, 3.05) is 25.9 Å². The number of rotatable bonds is 8. The molecule has 0 unspecified atom stereocenters. The fourth-order valence-electron chi connectivity index (χ4n) is 4.79. The van der Waals surface area contributed by atoms with Gasteiger partial charge in [0.05, 0.1) is 18.7 Å². The first kappa shape index (κ1) is 25.2. The highest BCUT2D eigenvalue weighted by Gasteiger charge is 2.39. The number of primary amides is 1. The lowest BCUT2D eigenvalue weighted by atomic mass is 9.83. The average Bonchev–Trinajstić information content (AvgIpc) is 3.17. The summed E-state index contributed by atoms with van der Waals surface area (Å²) in [4.78, 5) is 39.1. The Morgan fingerprint density at radius 2 is 1.84 bits per heavy atom. The number of aromatic nitrogens is 2. The Bertz CT molecular complexity index is 1390. The zero-order chi connectivity index (χ0) is 27.0. The number of nitrogens with two attached hydrogens (primary N) is 2. The predicted octanol–water partition coefficient (Wildman–Crippen LogP) is 2.49. The van der Waals surface area contributed by atoms with Gasteiger partial charge in [0.15, 0.2) is 0 Å². The highest BCUT2D eigenvalue weighted by molar-refractivity contribution is 6.03. The lowest BCUT2D eigenvalue weighted by molar-refractivity contribution is -0.144. The summed E-state index contributed by atoms with van der Waals surface area (Å²) in [6, 6.07) is 10.7. The van der Waals surface area contributed by atoms with E-state index in [1.807, 2.05) is 4.90 Å². The van der Waals surface area contributed by atoms with E-state index in [0.29, 0.717) is 24.3 Å². The number of nitrogen functional groups attached to an aromatic ring is 1. The van der Waals surface area contributed by atoms with Crippen LogP contribution in [0.3, 0.4) is 0 Å². The van der Waals surface area contributed by atoms with E-state index in [0.717, 1.165) is 30.9 Å². The summed E-state index contributed by atoms with van der Waals surface area (Å²) in [6.45, 7) is 1.17. The summed E-state index contributed by atoms with van der Waals surface area (Å²) >= 11 is 0. The molecule has 0 atom stereocenters. The van der Waals surface area contributed by atoms with Crippen LogP contribution in [0.2, 0.25) is 0 Å². The molecule has 0 bridgehead atoms. The molecule has 2 fully saturated rings. The van der Waals surface area contributed by atoms with Crippen LogP contribution in [0.15, 0.2) is 42.5 Å². The summed E-state index contributed by atoms with van der Waals surface area (Å²) in [5.41, 5.74) is 13.9. The van der Waals surface area contributed by atoms with Gasteiger partial charge >= 0.3 is 0 Å². The molecule has 2 heterocycles. The number of carbonyl (C=O) groups is 3. The molecule has 2 aromatic carbocycles. The third kappa shape index (κ3) is 4.67. The molecule has 10 nitrogen and oxygen atoms in total. The Kier molecular flexibility index (Phi) is 6.75. The van der Waals surface area contributed by atoms with Gasteiger partial charge < -0.3 is 26.4 Å². The zero-order valence-electron chi connectivity index (χ0n) is 20.9. The minimum absolute atomic E-state index is 0.0974. The number of nitrogens with one attached hydrogen (secondary N) is 1. The highest BCUT2D eigenvalue weighted by Crippen LogP contribution is 2.35. The molecule has 1 aliphatic carbocycles. The summed E-state index contributed by atoms with van der Waals surface area (Å²) in [7, 11) is 1.41. The zero-order valence-corrected chi connectivity index (χ0v) is 20.9. The third-order valence-electron chi connectivity index (χ3n) is 7.25. The number of ether oxygens (including phenoxy) is 1. The van der Waals surface area contributed by atoms with E-state index in [4.69, 9.17) is 16.2 Å². The van der Waals surface area contributed by atoms with Gasteiger partial charge in [-0.15, -0.1) is 0 Å². The lowest BCUT2D eigenvalue weighted by Crippen LogP contribution is -2.53. The van der Waals surface area contributed by atoms with Crippen molar-refractivity contribution in [2.24, 2.45) is 11.7 Å². The fourth-order valence-corrected chi connectivity index (χ4v) is 4.79. The molecule has 198 valence electrons. The second-order valence-electron chi connectivity index (χ2n) is 9.67. The molecule has 0 radical (unpaired) electrons. The van der Waals surface area contributed by atoms with Crippen LogP contribution in [0.4, 0.5) is 10.2 Å². The Balaban J connectivity index is 1.28. The van der Waals surface area contributed by atoms with E-state index in [1.54, 1.807) is 28.9 Å². The van der Waals surface area contributed by atoms with Crippen molar-refractivity contribution in [1.82, 2.24) is 20.0 Å². The Morgan fingerprint density at radius 3 is 2.45 bits per heavy atom. The van der Waals surface area contributed by atoms with Crippen molar-refractivity contribution >= 4 is 23.5 Å². The van der Waals surface area contributed by atoms with Gasteiger partial charge in [-0.25, -0.2) is 9.07 Å². The molecule has 1 aromatic heterocycles. The van der Waals surface area contributed by atoms with Crippen molar-refractivity contribution in [3.63, 3.8) is 0 Å². The van der Waals surface area contributed by atoms with Crippen LogP contribution >= 0.6 is 0 Å². The van der Waals surface area contributed by atoms with E-state index in [1.165, 1.54) is 19.2 Å². The summed E-state index contributed by atoms with van der Waals surface area (Å²) in [5.74, 6) is -0.955. The van der Waals surface area contributed by atoms with Gasteiger partial charge in [0.1, 0.15) is 28.6 Å². The number of anilines is 1. The van der Waals surface area contributed by atoms with Crippen molar-refractivity contribution < 1.29 is 23.5 Å². The van der Waals surface area contributed by atoms with Gasteiger partial charge in [0.2, 0.25) is 5.91 Å². The van der Waals surface area contributed by atoms with Crippen molar-refractivity contribution in [3.05, 3.63) is 65.0 Å². The molecular formula is C27H29FN6O4. The first-order valence-corrected chi connectivity index (χ1v) is 12.4.